The Balaban J connectivity index is 3.23. The molecule has 1 aromatic heterocycles. The normalized spacial score (nSPS) is 12.4. The van der Waals surface area contributed by atoms with Crippen molar-refractivity contribution in [2.45, 2.75) is 20.1 Å². The number of rotatable bonds is 4. The number of halogens is 1. The van der Waals surface area contributed by atoms with Crippen molar-refractivity contribution >= 4 is 15.9 Å². The quantitative estimate of drug-likeness (QED) is 0.850. The van der Waals surface area contributed by atoms with Gasteiger partial charge in [0.15, 0.2) is 0 Å². The summed E-state index contributed by atoms with van der Waals surface area (Å²) in [5, 5.41) is 0. The minimum Gasteiger partial charge on any atom is -0.354 e. The molecule has 0 amide bonds. The predicted octanol–water partition coefficient (Wildman–Crippen LogP) is 1.33. The van der Waals surface area contributed by atoms with Crippen LogP contribution in [0, 0.1) is 6.92 Å². The van der Waals surface area contributed by atoms with Gasteiger partial charge in [0.25, 0.3) is 5.56 Å². The first-order valence-electron chi connectivity index (χ1n) is 4.72. The van der Waals surface area contributed by atoms with E-state index in [4.69, 9.17) is 4.74 Å². The van der Waals surface area contributed by atoms with E-state index >= 15 is 0 Å². The molecule has 88 valence electrons. The molecule has 0 aromatic carbocycles. The third-order valence-electron chi connectivity index (χ3n) is 2.14. The van der Waals surface area contributed by atoms with Crippen LogP contribution in [-0.4, -0.2) is 16.2 Å². The van der Waals surface area contributed by atoms with Gasteiger partial charge >= 0.3 is 5.69 Å². The first kappa shape index (κ1) is 12.9. The molecule has 0 unspecified atom stereocenters. The Morgan fingerprint density at radius 1 is 1.62 bits per heavy atom. The van der Waals surface area contributed by atoms with Crippen molar-refractivity contribution in [3.63, 3.8) is 0 Å². The van der Waals surface area contributed by atoms with Crippen molar-refractivity contribution in [3.8, 4) is 0 Å². The zero-order chi connectivity index (χ0) is 12.3. The number of aromatic nitrogens is 2. The number of hydrogen-bond acceptors (Lipinski definition) is 3. The number of H-pyrrole nitrogens is 1. The molecule has 1 aromatic rings. The van der Waals surface area contributed by atoms with E-state index in [0.29, 0.717) is 16.8 Å². The highest BCUT2D eigenvalue weighted by molar-refractivity contribution is 9.10. The monoisotopic (exact) mass is 288 g/mol. The van der Waals surface area contributed by atoms with Crippen LogP contribution in [0.4, 0.5) is 0 Å². The lowest BCUT2D eigenvalue weighted by atomic mass is 10.4. The highest BCUT2D eigenvalue weighted by Crippen LogP contribution is 2.13. The van der Waals surface area contributed by atoms with Crippen molar-refractivity contribution < 1.29 is 4.74 Å². The molecule has 0 aliphatic carbocycles. The van der Waals surface area contributed by atoms with Crippen LogP contribution in [0.25, 0.3) is 0 Å². The van der Waals surface area contributed by atoms with Crippen molar-refractivity contribution in [1.29, 1.82) is 0 Å². The Morgan fingerprint density at radius 3 is 2.81 bits per heavy atom. The maximum Gasteiger partial charge on any atom is 0.330 e. The van der Waals surface area contributed by atoms with E-state index in [1.807, 2.05) is 0 Å². The molecule has 0 saturated heterocycles. The van der Waals surface area contributed by atoms with Gasteiger partial charge in [-0.1, -0.05) is 6.08 Å². The molecule has 6 heteroatoms. The summed E-state index contributed by atoms with van der Waals surface area (Å²) < 4.78 is 7.04. The van der Waals surface area contributed by atoms with E-state index in [1.54, 1.807) is 19.9 Å². The second kappa shape index (κ2) is 5.27. The van der Waals surface area contributed by atoms with Gasteiger partial charge in [-0.2, -0.15) is 0 Å². The minimum atomic E-state index is -0.484. The number of ether oxygens (including phenoxy) is 1. The van der Waals surface area contributed by atoms with Gasteiger partial charge in [0.05, 0.1) is 6.61 Å². The highest BCUT2D eigenvalue weighted by Gasteiger charge is 2.13. The highest BCUT2D eigenvalue weighted by atomic mass is 79.9. The summed E-state index contributed by atoms with van der Waals surface area (Å²) in [6.45, 7) is 7.26. The molecule has 0 saturated carbocycles. The van der Waals surface area contributed by atoms with Crippen LogP contribution >= 0.6 is 15.9 Å². The fourth-order valence-corrected chi connectivity index (χ4v) is 1.64. The van der Waals surface area contributed by atoms with Gasteiger partial charge < -0.3 is 4.74 Å². The van der Waals surface area contributed by atoms with E-state index in [9.17, 15) is 9.59 Å². The topological polar surface area (TPSA) is 64.1 Å². The fraction of sp³-hybridized carbons (Fsp3) is 0.400. The minimum absolute atomic E-state index is 0.334. The fourth-order valence-electron chi connectivity index (χ4n) is 1.35. The van der Waals surface area contributed by atoms with E-state index < -0.39 is 17.5 Å². The number of nitrogens with one attached hydrogen (secondary N) is 1. The van der Waals surface area contributed by atoms with E-state index in [1.165, 1.54) is 4.57 Å². The van der Waals surface area contributed by atoms with Crippen LogP contribution in [0.5, 0.6) is 0 Å². The van der Waals surface area contributed by atoms with Crippen LogP contribution in [0.2, 0.25) is 0 Å². The molecule has 1 rings (SSSR count). The Kier molecular flexibility index (Phi) is 4.26. The number of nitrogens with zero attached hydrogens (tertiary/aromatic N) is 1. The zero-order valence-corrected chi connectivity index (χ0v) is 10.7. The summed E-state index contributed by atoms with van der Waals surface area (Å²) in [6.07, 6.45) is 1.14. The molecular formula is C10H13BrN2O3. The molecule has 0 spiro atoms. The molecule has 16 heavy (non-hydrogen) atoms. The second-order valence-corrected chi connectivity index (χ2v) is 4.04. The second-order valence-electron chi connectivity index (χ2n) is 3.25. The molecule has 0 aliphatic rings. The van der Waals surface area contributed by atoms with Gasteiger partial charge in [-0.15, -0.1) is 6.58 Å². The standard InChI is InChI=1S/C10H13BrN2O3/c1-4-5-16-7(3)13-6(2)8(11)9(14)12-10(13)15/h4,7H,1,5H2,2-3H3,(H,12,14,15)/t7-/m1/s1. The molecule has 1 N–H and O–H groups in total. The van der Waals surface area contributed by atoms with Gasteiger partial charge in [0.2, 0.25) is 0 Å². The van der Waals surface area contributed by atoms with Gasteiger partial charge in [0, 0.05) is 5.69 Å². The van der Waals surface area contributed by atoms with Gasteiger partial charge in [-0.25, -0.2) is 4.79 Å². The number of hydrogen-bond donors (Lipinski definition) is 1. The van der Waals surface area contributed by atoms with Crippen molar-refractivity contribution in [3.05, 3.63) is 43.7 Å². The summed E-state index contributed by atoms with van der Waals surface area (Å²) in [4.78, 5) is 25.1. The molecule has 0 aliphatic heterocycles. The van der Waals surface area contributed by atoms with Crippen LogP contribution in [0.15, 0.2) is 26.7 Å². The average Bonchev–Trinajstić information content (AvgIpc) is 2.23. The summed E-state index contributed by atoms with van der Waals surface area (Å²) in [5.41, 5.74) is -0.387. The van der Waals surface area contributed by atoms with Crippen LogP contribution < -0.4 is 11.2 Å². The molecule has 5 nitrogen and oxygen atoms in total. The van der Waals surface area contributed by atoms with E-state index in [-0.39, 0.29) is 0 Å². The van der Waals surface area contributed by atoms with Gasteiger partial charge in [0.1, 0.15) is 10.7 Å². The maximum atomic E-state index is 11.6. The van der Waals surface area contributed by atoms with E-state index in [0.717, 1.165) is 0 Å². The summed E-state index contributed by atoms with van der Waals surface area (Å²) in [7, 11) is 0. The summed E-state index contributed by atoms with van der Waals surface area (Å²) in [5.74, 6) is 0. The molecule has 0 fully saturated rings. The first-order chi connectivity index (χ1) is 7.49. The predicted molar refractivity (Wildman–Crippen MR) is 64.6 cm³/mol. The van der Waals surface area contributed by atoms with Crippen LogP contribution in [0.3, 0.4) is 0 Å². The van der Waals surface area contributed by atoms with Crippen LogP contribution in [-0.2, 0) is 4.74 Å². The molecule has 0 radical (unpaired) electrons. The maximum absolute atomic E-state index is 11.6. The van der Waals surface area contributed by atoms with Crippen molar-refractivity contribution in [1.82, 2.24) is 9.55 Å². The Bertz CT molecular complexity index is 504. The lowest BCUT2D eigenvalue weighted by Gasteiger charge is -2.17. The first-order valence-corrected chi connectivity index (χ1v) is 5.51. The van der Waals surface area contributed by atoms with Gasteiger partial charge in [-0.3, -0.25) is 14.3 Å². The number of aromatic amines is 1. The van der Waals surface area contributed by atoms with Crippen molar-refractivity contribution in [2.75, 3.05) is 6.61 Å². The molecular weight excluding hydrogens is 276 g/mol. The SMILES string of the molecule is C=CCO[C@H](C)n1c(C)c(Br)c(=O)[nH]c1=O. The van der Waals surface area contributed by atoms with Crippen LogP contribution in [0.1, 0.15) is 18.8 Å². The summed E-state index contributed by atoms with van der Waals surface area (Å²) in [6, 6.07) is 0. The third kappa shape index (κ3) is 2.51. The average molecular weight is 289 g/mol. The Hall–Kier alpha value is -1.14. The Labute approximate surface area is 101 Å². The molecule has 0 bridgehead atoms. The lowest BCUT2D eigenvalue weighted by Crippen LogP contribution is -2.35. The smallest absolute Gasteiger partial charge is 0.330 e. The molecule has 1 atom stereocenters. The lowest BCUT2D eigenvalue weighted by molar-refractivity contribution is 0.0296. The van der Waals surface area contributed by atoms with E-state index in [2.05, 4.69) is 27.5 Å². The van der Waals surface area contributed by atoms with Gasteiger partial charge in [-0.05, 0) is 29.8 Å². The molecule has 1 heterocycles. The van der Waals surface area contributed by atoms with Crippen molar-refractivity contribution in [2.24, 2.45) is 0 Å². The zero-order valence-electron chi connectivity index (χ0n) is 9.12. The largest absolute Gasteiger partial charge is 0.354 e. The Morgan fingerprint density at radius 2 is 2.25 bits per heavy atom. The third-order valence-corrected chi connectivity index (χ3v) is 3.07. The summed E-state index contributed by atoms with van der Waals surface area (Å²) >= 11 is 3.12.